The number of hydrogen-bond acceptors (Lipinski definition) is 6. The lowest BCUT2D eigenvalue weighted by atomic mass is 9.82. The average molecular weight is 470 g/mol. The minimum Gasteiger partial charge on any atom is -0.444 e. The summed E-state index contributed by atoms with van der Waals surface area (Å²) < 4.78 is 16.7. The van der Waals surface area contributed by atoms with Crippen LogP contribution in [0.25, 0.3) is 11.0 Å². The number of esters is 1. The molecule has 0 atom stereocenters. The topological polar surface area (TPSA) is 94.8 Å². The van der Waals surface area contributed by atoms with Crippen molar-refractivity contribution >= 4 is 23.0 Å². The Balaban J connectivity index is 1.37. The monoisotopic (exact) mass is 469 g/mol. The number of fused-ring (bicyclic) bond motifs is 3. The van der Waals surface area contributed by atoms with Gasteiger partial charge in [0.05, 0.1) is 5.92 Å². The SMILES string of the molecule is Cc1cc2oc(=O)c3c(c2cc1OC(=O)C1CCC(CNC(=O)OC(C)(C)C)CC1)CCCC3. The summed E-state index contributed by atoms with van der Waals surface area (Å²) in [6, 6.07) is 3.67. The highest BCUT2D eigenvalue weighted by atomic mass is 16.6. The second-order valence-electron chi connectivity index (χ2n) is 10.7. The molecule has 2 aliphatic carbocycles. The van der Waals surface area contributed by atoms with Crippen molar-refractivity contribution in [3.8, 4) is 5.75 Å². The smallest absolute Gasteiger partial charge is 0.407 e. The van der Waals surface area contributed by atoms with Gasteiger partial charge in [0.15, 0.2) is 0 Å². The molecule has 1 heterocycles. The van der Waals surface area contributed by atoms with Crippen molar-refractivity contribution in [1.82, 2.24) is 5.32 Å². The summed E-state index contributed by atoms with van der Waals surface area (Å²) in [6.45, 7) is 7.93. The van der Waals surface area contributed by atoms with E-state index in [0.717, 1.165) is 73.4 Å². The first-order valence-corrected chi connectivity index (χ1v) is 12.4. The fourth-order valence-electron chi connectivity index (χ4n) is 5.02. The van der Waals surface area contributed by atoms with Crippen molar-refractivity contribution in [2.24, 2.45) is 11.8 Å². The molecular formula is C27H35NO6. The first-order valence-electron chi connectivity index (χ1n) is 12.4. The zero-order valence-corrected chi connectivity index (χ0v) is 20.6. The molecule has 2 aliphatic rings. The maximum atomic E-state index is 12.9. The summed E-state index contributed by atoms with van der Waals surface area (Å²) in [6.07, 6.45) is 6.38. The molecule has 0 radical (unpaired) electrons. The molecular weight excluding hydrogens is 434 g/mol. The Hall–Kier alpha value is -2.83. The quantitative estimate of drug-likeness (QED) is 0.375. The van der Waals surface area contributed by atoms with Crippen molar-refractivity contribution in [2.75, 3.05) is 6.54 Å². The minimum absolute atomic E-state index is 0.157. The van der Waals surface area contributed by atoms with Crippen LogP contribution in [0.1, 0.15) is 76.0 Å². The highest BCUT2D eigenvalue weighted by Gasteiger charge is 2.29. The van der Waals surface area contributed by atoms with Gasteiger partial charge < -0.3 is 19.2 Å². The number of carbonyl (C=O) groups excluding carboxylic acids is 2. The van der Waals surface area contributed by atoms with Crippen LogP contribution in [0.4, 0.5) is 4.79 Å². The zero-order valence-electron chi connectivity index (χ0n) is 20.6. The molecule has 1 aromatic heterocycles. The number of rotatable bonds is 4. The lowest BCUT2D eigenvalue weighted by Gasteiger charge is -2.28. The van der Waals surface area contributed by atoms with Gasteiger partial charge in [-0.2, -0.15) is 0 Å². The summed E-state index contributed by atoms with van der Waals surface area (Å²) in [5.74, 6) is 0.490. The van der Waals surface area contributed by atoms with E-state index in [-0.39, 0.29) is 17.5 Å². The maximum Gasteiger partial charge on any atom is 0.407 e. The summed E-state index contributed by atoms with van der Waals surface area (Å²) in [5.41, 5.74) is 2.36. The number of ether oxygens (including phenoxy) is 2. The molecule has 0 aliphatic heterocycles. The Bertz CT molecular complexity index is 1130. The Kier molecular flexibility index (Phi) is 7.01. The average Bonchev–Trinajstić information content (AvgIpc) is 2.78. The molecule has 0 unspecified atom stereocenters. The van der Waals surface area contributed by atoms with Gasteiger partial charge in [-0.25, -0.2) is 9.59 Å². The Morgan fingerprint density at radius 3 is 2.41 bits per heavy atom. The normalized spacial score (nSPS) is 20.5. The van der Waals surface area contributed by atoms with Crippen LogP contribution >= 0.6 is 0 Å². The van der Waals surface area contributed by atoms with E-state index in [1.54, 1.807) is 6.07 Å². The van der Waals surface area contributed by atoms with Crippen LogP contribution in [0.2, 0.25) is 0 Å². The molecule has 7 nitrogen and oxygen atoms in total. The highest BCUT2D eigenvalue weighted by molar-refractivity contribution is 5.85. The van der Waals surface area contributed by atoms with E-state index in [2.05, 4.69) is 5.32 Å². The van der Waals surface area contributed by atoms with Crippen LogP contribution in [-0.4, -0.2) is 24.2 Å². The second kappa shape index (κ2) is 9.80. The van der Waals surface area contributed by atoms with Crippen molar-refractivity contribution < 1.29 is 23.5 Å². The third kappa shape index (κ3) is 5.62. The van der Waals surface area contributed by atoms with Crippen LogP contribution in [0.15, 0.2) is 21.3 Å². The van der Waals surface area contributed by atoms with Gasteiger partial charge in [-0.15, -0.1) is 0 Å². The molecule has 2 aromatic rings. The van der Waals surface area contributed by atoms with Crippen molar-refractivity contribution in [2.45, 2.75) is 84.7 Å². The van der Waals surface area contributed by atoms with E-state index in [1.165, 1.54) is 0 Å². The van der Waals surface area contributed by atoms with Crippen LogP contribution in [-0.2, 0) is 22.4 Å². The van der Waals surface area contributed by atoms with Gasteiger partial charge in [-0.1, -0.05) is 0 Å². The summed E-state index contributed by atoms with van der Waals surface area (Å²) >= 11 is 0. The number of hydrogen-bond donors (Lipinski definition) is 1. The van der Waals surface area contributed by atoms with E-state index in [4.69, 9.17) is 13.9 Å². The Morgan fingerprint density at radius 1 is 1.06 bits per heavy atom. The summed E-state index contributed by atoms with van der Waals surface area (Å²) in [7, 11) is 0. The van der Waals surface area contributed by atoms with Crippen molar-refractivity contribution in [3.63, 3.8) is 0 Å². The second-order valence-corrected chi connectivity index (χ2v) is 10.7. The first-order chi connectivity index (χ1) is 16.1. The van der Waals surface area contributed by atoms with Crippen LogP contribution in [0.5, 0.6) is 5.75 Å². The van der Waals surface area contributed by atoms with E-state index in [0.29, 0.717) is 23.8 Å². The van der Waals surface area contributed by atoms with Gasteiger partial charge in [-0.05, 0) is 108 Å². The molecule has 0 spiro atoms. The molecule has 1 saturated carbocycles. The number of benzene rings is 1. The predicted molar refractivity (Wildman–Crippen MR) is 129 cm³/mol. The van der Waals surface area contributed by atoms with Crippen molar-refractivity contribution in [3.05, 3.63) is 39.2 Å². The zero-order chi connectivity index (χ0) is 24.5. The van der Waals surface area contributed by atoms with Gasteiger partial charge in [-0.3, -0.25) is 4.79 Å². The van der Waals surface area contributed by atoms with Crippen molar-refractivity contribution in [1.29, 1.82) is 0 Å². The first kappa shape index (κ1) is 24.3. The molecule has 1 N–H and O–H groups in total. The third-order valence-electron chi connectivity index (χ3n) is 6.84. The van der Waals surface area contributed by atoms with Crippen LogP contribution < -0.4 is 15.7 Å². The fourth-order valence-corrected chi connectivity index (χ4v) is 5.02. The number of amides is 1. The van der Waals surface area contributed by atoms with Gasteiger partial charge in [0.2, 0.25) is 0 Å². The number of aryl methyl sites for hydroxylation is 2. The molecule has 0 saturated heterocycles. The van der Waals surface area contributed by atoms with Crippen LogP contribution in [0, 0.1) is 18.8 Å². The Morgan fingerprint density at radius 2 is 1.74 bits per heavy atom. The van der Waals surface area contributed by atoms with Gasteiger partial charge in [0.1, 0.15) is 16.9 Å². The summed E-state index contributed by atoms with van der Waals surface area (Å²) in [4.78, 5) is 37.2. The number of carbonyl (C=O) groups is 2. The van der Waals surface area contributed by atoms with Gasteiger partial charge in [0.25, 0.3) is 0 Å². The lowest BCUT2D eigenvalue weighted by molar-refractivity contribution is -0.140. The molecule has 1 aromatic carbocycles. The minimum atomic E-state index is -0.517. The third-order valence-corrected chi connectivity index (χ3v) is 6.84. The molecule has 34 heavy (non-hydrogen) atoms. The van der Waals surface area contributed by atoms with E-state index >= 15 is 0 Å². The molecule has 1 fully saturated rings. The largest absolute Gasteiger partial charge is 0.444 e. The summed E-state index contributed by atoms with van der Waals surface area (Å²) in [5, 5.41) is 3.71. The number of nitrogens with one attached hydrogen (secondary N) is 1. The van der Waals surface area contributed by atoms with E-state index < -0.39 is 11.7 Å². The lowest BCUT2D eigenvalue weighted by Crippen LogP contribution is -2.36. The molecule has 4 rings (SSSR count). The predicted octanol–water partition coefficient (Wildman–Crippen LogP) is 5.22. The fraction of sp³-hybridized carbons (Fsp3) is 0.593. The maximum absolute atomic E-state index is 12.9. The van der Waals surface area contributed by atoms with E-state index in [1.807, 2.05) is 33.8 Å². The van der Waals surface area contributed by atoms with E-state index in [9.17, 15) is 14.4 Å². The molecule has 184 valence electrons. The number of alkyl carbamates (subject to hydrolysis) is 1. The van der Waals surface area contributed by atoms with Crippen LogP contribution in [0.3, 0.4) is 0 Å². The molecule has 0 bridgehead atoms. The van der Waals surface area contributed by atoms with Gasteiger partial charge >= 0.3 is 17.7 Å². The van der Waals surface area contributed by atoms with Gasteiger partial charge in [0, 0.05) is 17.5 Å². The standard InChI is InChI=1S/C27H35NO6/c1-16-13-23-21(19-7-5-6-8-20(19)25(30)33-23)14-22(16)32-24(29)18-11-9-17(10-12-18)15-28-26(31)34-27(2,3)4/h13-14,17-18H,5-12,15H2,1-4H3,(H,28,31). The molecule has 1 amide bonds. The highest BCUT2D eigenvalue weighted by Crippen LogP contribution is 2.34. The Labute approximate surface area is 200 Å². The molecule has 7 heteroatoms.